The molecule has 0 N–H and O–H groups in total. The van der Waals surface area contributed by atoms with Crippen LogP contribution in [0.4, 0.5) is 0 Å². The first kappa shape index (κ1) is 27.4. The molecular weight excluding hydrogens is 577 g/mol. The molecule has 0 saturated heterocycles. The largest absolute Gasteiger partial charge is 0.493 e. The molecule has 5 nitrogen and oxygen atoms in total. The van der Waals surface area contributed by atoms with E-state index in [1.54, 1.807) is 7.11 Å². The molecule has 0 fully saturated rings. The molecule has 45 heavy (non-hydrogen) atoms. The Bertz CT molecular complexity index is 2290. The van der Waals surface area contributed by atoms with E-state index in [0.29, 0.717) is 22.6 Å². The molecule has 0 radical (unpaired) electrons. The number of aryl methyl sites for hydroxylation is 1. The molecule has 0 bridgehead atoms. The lowest BCUT2D eigenvalue weighted by molar-refractivity contribution is 0.285. The summed E-state index contributed by atoms with van der Waals surface area (Å²) < 4.78 is 14.5. The zero-order chi connectivity index (χ0) is 30.3. The molecule has 2 aliphatic rings. The van der Waals surface area contributed by atoms with Crippen LogP contribution in [0, 0.1) is 0 Å². The number of aromatic nitrogens is 1. The van der Waals surface area contributed by atoms with E-state index in [1.807, 2.05) is 59.2 Å². The molecule has 0 unspecified atom stereocenters. The summed E-state index contributed by atoms with van der Waals surface area (Å²) in [6.07, 6.45) is 3.74. The fourth-order valence-electron chi connectivity index (χ4n) is 6.58. The Hall–Kier alpha value is -5.20. The zero-order valence-corrected chi connectivity index (χ0v) is 25.6. The highest BCUT2D eigenvalue weighted by atomic mass is 32.1. The lowest BCUT2D eigenvalue weighted by Gasteiger charge is -2.30. The van der Waals surface area contributed by atoms with Gasteiger partial charge in [-0.2, -0.15) is 0 Å². The summed E-state index contributed by atoms with van der Waals surface area (Å²) >= 11 is 1.43. The van der Waals surface area contributed by atoms with E-state index in [-0.39, 0.29) is 11.6 Å². The van der Waals surface area contributed by atoms with E-state index in [9.17, 15) is 4.79 Å². The molecular formula is C39H30N2O3S. The van der Waals surface area contributed by atoms with E-state index < -0.39 is 0 Å². The quantitative estimate of drug-likeness (QED) is 0.204. The number of hydrogen-bond donors (Lipinski definition) is 0. The number of hydrogen-bond acceptors (Lipinski definition) is 5. The van der Waals surface area contributed by atoms with Gasteiger partial charge in [0.15, 0.2) is 16.3 Å². The van der Waals surface area contributed by atoms with Crippen molar-refractivity contribution in [2.75, 3.05) is 7.11 Å². The van der Waals surface area contributed by atoms with Crippen molar-refractivity contribution in [1.29, 1.82) is 0 Å². The number of thiazole rings is 1. The Kier molecular flexibility index (Phi) is 6.92. The molecule has 6 heteroatoms. The average Bonchev–Trinajstić information content (AvgIpc) is 3.40. The number of ether oxygens (including phenoxy) is 2. The molecule has 1 aliphatic heterocycles. The van der Waals surface area contributed by atoms with Crippen molar-refractivity contribution in [2.45, 2.75) is 25.5 Å². The van der Waals surface area contributed by atoms with Crippen LogP contribution in [0.2, 0.25) is 0 Å². The van der Waals surface area contributed by atoms with Gasteiger partial charge in [0.1, 0.15) is 6.61 Å². The number of nitrogens with zero attached hydrogens (tertiary/aromatic N) is 2. The number of methoxy groups -OCH3 is 1. The second-order valence-electron chi connectivity index (χ2n) is 11.4. The summed E-state index contributed by atoms with van der Waals surface area (Å²) in [5, 5.41) is 2.35. The van der Waals surface area contributed by atoms with Crippen LogP contribution < -0.4 is 24.4 Å². The minimum Gasteiger partial charge on any atom is -0.493 e. The Morgan fingerprint density at radius 2 is 1.67 bits per heavy atom. The molecule has 0 spiro atoms. The van der Waals surface area contributed by atoms with Crippen molar-refractivity contribution >= 4 is 33.9 Å². The van der Waals surface area contributed by atoms with Crippen LogP contribution >= 0.6 is 11.3 Å². The monoisotopic (exact) mass is 606 g/mol. The van der Waals surface area contributed by atoms with Gasteiger partial charge in [0, 0.05) is 5.56 Å². The molecule has 5 aromatic carbocycles. The van der Waals surface area contributed by atoms with Gasteiger partial charge < -0.3 is 9.47 Å². The van der Waals surface area contributed by atoms with E-state index in [4.69, 9.17) is 14.5 Å². The third-order valence-corrected chi connectivity index (χ3v) is 9.72. The maximum absolute atomic E-state index is 14.1. The lowest BCUT2D eigenvalue weighted by Crippen LogP contribution is -2.38. The minimum absolute atomic E-state index is 0.0340. The highest BCUT2D eigenvalue weighted by Gasteiger charge is 2.32. The molecule has 220 valence electrons. The molecule has 0 saturated carbocycles. The number of benzene rings is 5. The molecule has 1 atom stereocenters. The van der Waals surface area contributed by atoms with Gasteiger partial charge in [-0.3, -0.25) is 9.36 Å². The third kappa shape index (κ3) is 4.88. The summed E-state index contributed by atoms with van der Waals surface area (Å²) in [5.41, 5.74) is 7.72. The fraction of sp³-hybridized carbons (Fsp3) is 0.128. The zero-order valence-electron chi connectivity index (χ0n) is 24.8. The molecule has 2 heterocycles. The Labute approximate surface area is 264 Å². The van der Waals surface area contributed by atoms with Crippen LogP contribution in [0.25, 0.3) is 22.5 Å². The summed E-state index contributed by atoms with van der Waals surface area (Å²) in [4.78, 5) is 20.0. The topological polar surface area (TPSA) is 52.8 Å². The SMILES string of the molecule is COc1cc(/C=c2/sc3n(c2=O)[C@H](c2ccccc2)C2=C(N=3)c3ccccc3CC2)ccc1OCc1cccc2ccccc12. The molecule has 0 amide bonds. The average molecular weight is 607 g/mol. The summed E-state index contributed by atoms with van der Waals surface area (Å²) in [6, 6.07) is 39.0. The van der Waals surface area contributed by atoms with E-state index in [2.05, 4.69) is 66.7 Å². The van der Waals surface area contributed by atoms with E-state index in [0.717, 1.165) is 40.0 Å². The smallest absolute Gasteiger partial charge is 0.271 e. The van der Waals surface area contributed by atoms with Crippen molar-refractivity contribution in [3.05, 3.63) is 168 Å². The van der Waals surface area contributed by atoms with Gasteiger partial charge in [0.2, 0.25) is 0 Å². The number of fused-ring (bicyclic) bond motifs is 4. The normalized spacial score (nSPS) is 15.7. The van der Waals surface area contributed by atoms with Crippen molar-refractivity contribution < 1.29 is 9.47 Å². The van der Waals surface area contributed by atoms with E-state index >= 15 is 0 Å². The predicted octanol–water partition coefficient (Wildman–Crippen LogP) is 7.06. The number of rotatable bonds is 6. The second-order valence-corrected chi connectivity index (χ2v) is 12.4. The van der Waals surface area contributed by atoms with Gasteiger partial charge in [-0.05, 0) is 69.6 Å². The van der Waals surface area contributed by atoms with Crippen molar-refractivity contribution in [1.82, 2.24) is 4.57 Å². The summed E-state index contributed by atoms with van der Waals surface area (Å²) in [6.45, 7) is 0.420. The fourth-order valence-corrected chi connectivity index (χ4v) is 7.58. The Morgan fingerprint density at radius 3 is 2.56 bits per heavy atom. The lowest BCUT2D eigenvalue weighted by atomic mass is 9.83. The number of allylic oxidation sites excluding steroid dienone is 1. The van der Waals surface area contributed by atoms with Crippen LogP contribution in [-0.2, 0) is 13.0 Å². The standard InChI is InChI=1S/C39H30N2O3S/c1-43-34-22-25(18-21-33(34)44-24-29-15-9-14-26-10-5-7-16-30(26)29)23-35-38(42)41-37(28-12-3-2-4-13-28)32-20-19-27-11-6-8-17-31(27)36(32)40-39(41)45-35/h2-18,21-23,37H,19-20,24H2,1H3/b35-23+/t37-/m1/s1. The second kappa shape index (κ2) is 11.4. The summed E-state index contributed by atoms with van der Waals surface area (Å²) in [7, 11) is 1.64. The van der Waals surface area contributed by atoms with Crippen LogP contribution in [0.3, 0.4) is 0 Å². The van der Waals surface area contributed by atoms with Crippen LogP contribution in [0.1, 0.15) is 40.3 Å². The first-order chi connectivity index (χ1) is 22.2. The molecule has 8 rings (SSSR count). The first-order valence-corrected chi connectivity index (χ1v) is 15.9. The van der Waals surface area contributed by atoms with Gasteiger partial charge in [-0.15, -0.1) is 0 Å². The predicted molar refractivity (Wildman–Crippen MR) is 180 cm³/mol. The molecule has 1 aliphatic carbocycles. The maximum atomic E-state index is 14.1. The van der Waals surface area contributed by atoms with Gasteiger partial charge in [-0.1, -0.05) is 114 Å². The van der Waals surface area contributed by atoms with Crippen LogP contribution in [0.5, 0.6) is 11.5 Å². The van der Waals surface area contributed by atoms with Crippen molar-refractivity contribution in [3.8, 4) is 11.5 Å². The van der Waals surface area contributed by atoms with Crippen LogP contribution in [0.15, 0.2) is 131 Å². The third-order valence-electron chi connectivity index (χ3n) is 8.74. The Morgan fingerprint density at radius 1 is 0.867 bits per heavy atom. The maximum Gasteiger partial charge on any atom is 0.271 e. The Balaban J connectivity index is 1.18. The highest BCUT2D eigenvalue weighted by molar-refractivity contribution is 7.07. The first-order valence-electron chi connectivity index (χ1n) is 15.1. The van der Waals surface area contributed by atoms with Crippen molar-refractivity contribution in [2.24, 2.45) is 4.99 Å². The summed E-state index contributed by atoms with van der Waals surface area (Å²) in [5.74, 6) is 1.27. The van der Waals surface area contributed by atoms with E-state index in [1.165, 1.54) is 38.8 Å². The van der Waals surface area contributed by atoms with Crippen molar-refractivity contribution in [3.63, 3.8) is 0 Å². The van der Waals surface area contributed by atoms with Gasteiger partial charge in [0.05, 0.1) is 23.4 Å². The van der Waals surface area contributed by atoms with Gasteiger partial charge >= 0.3 is 0 Å². The molecule has 1 aromatic heterocycles. The highest BCUT2D eigenvalue weighted by Crippen LogP contribution is 2.41. The van der Waals surface area contributed by atoms with Gasteiger partial charge in [0.25, 0.3) is 5.56 Å². The van der Waals surface area contributed by atoms with Crippen LogP contribution in [-0.4, -0.2) is 11.7 Å². The van der Waals surface area contributed by atoms with Gasteiger partial charge in [-0.25, -0.2) is 4.99 Å². The minimum atomic E-state index is -0.188. The molecule has 6 aromatic rings.